The number of rotatable bonds is 4. The van der Waals surface area contributed by atoms with E-state index in [1.54, 1.807) is 6.92 Å². The molecule has 158 valence electrons. The van der Waals surface area contributed by atoms with Gasteiger partial charge in [0, 0.05) is 38.3 Å². The Hall–Kier alpha value is -2.69. The van der Waals surface area contributed by atoms with Crippen LogP contribution in [0, 0.1) is 11.6 Å². The third kappa shape index (κ3) is 4.66. The zero-order chi connectivity index (χ0) is 21.1. The Morgan fingerprint density at radius 1 is 1.28 bits per heavy atom. The van der Waals surface area contributed by atoms with Crippen molar-refractivity contribution >= 4 is 40.8 Å². The van der Waals surface area contributed by atoms with Gasteiger partial charge in [0.15, 0.2) is 11.6 Å². The lowest BCUT2D eigenvalue weighted by Crippen LogP contribution is -2.49. The number of carbonyl (C=O) groups excluding carboxylic acids is 2. The van der Waals surface area contributed by atoms with Gasteiger partial charge in [0.2, 0.25) is 0 Å². The predicted octanol–water partition coefficient (Wildman–Crippen LogP) is 2.12. The zero-order valence-electron chi connectivity index (χ0n) is 16.1. The van der Waals surface area contributed by atoms with E-state index in [0.29, 0.717) is 24.6 Å². The lowest BCUT2D eigenvalue weighted by atomic mass is 10.2. The van der Waals surface area contributed by atoms with Gasteiger partial charge in [0.1, 0.15) is 11.8 Å². The summed E-state index contributed by atoms with van der Waals surface area (Å²) in [5.74, 6) is -1.56. The molecule has 0 saturated carbocycles. The molecular formula is C18H22F2N4O4S. The van der Waals surface area contributed by atoms with E-state index >= 15 is 0 Å². The highest BCUT2D eigenvalue weighted by atomic mass is 32.1. The van der Waals surface area contributed by atoms with E-state index in [9.17, 15) is 18.4 Å². The van der Waals surface area contributed by atoms with Crippen LogP contribution in [-0.4, -0.2) is 74.6 Å². The summed E-state index contributed by atoms with van der Waals surface area (Å²) < 4.78 is 39.4. The smallest absolute Gasteiger partial charge is 0.414 e. The summed E-state index contributed by atoms with van der Waals surface area (Å²) in [7, 11) is 1.28. The van der Waals surface area contributed by atoms with Crippen LogP contribution in [0.3, 0.4) is 0 Å². The summed E-state index contributed by atoms with van der Waals surface area (Å²) >= 11 is 4.92. The first-order valence-corrected chi connectivity index (χ1v) is 9.50. The van der Waals surface area contributed by atoms with Crippen molar-refractivity contribution in [2.75, 3.05) is 56.2 Å². The molecule has 2 amide bonds. The molecule has 2 fully saturated rings. The second-order valence-corrected chi connectivity index (χ2v) is 7.37. The number of nitrogens with zero attached hydrogens (tertiary/aromatic N) is 3. The van der Waals surface area contributed by atoms with Crippen molar-refractivity contribution in [1.29, 1.82) is 0 Å². The number of hydrogen-bond donors (Lipinski definition) is 1. The fourth-order valence-electron chi connectivity index (χ4n) is 3.35. The number of carbonyl (C=O) groups is 2. The van der Waals surface area contributed by atoms with Crippen molar-refractivity contribution in [3.63, 3.8) is 0 Å². The summed E-state index contributed by atoms with van der Waals surface area (Å²) in [5.41, 5.74) is -0.0936. The Labute approximate surface area is 172 Å². The van der Waals surface area contributed by atoms with Gasteiger partial charge in [-0.2, -0.15) is 0 Å². The van der Waals surface area contributed by atoms with Gasteiger partial charge in [-0.05, 0) is 6.92 Å². The third-order valence-corrected chi connectivity index (χ3v) is 4.94. The van der Waals surface area contributed by atoms with Crippen LogP contribution in [0.25, 0.3) is 0 Å². The average Bonchev–Trinajstić information content (AvgIpc) is 3.06. The second kappa shape index (κ2) is 8.76. The molecule has 2 saturated heterocycles. The SMILES string of the molecule is COC(=O)N1CCN(c2c(F)cc(N3CC(CNC(C)=S)OC3=O)cc2F)CC1. The highest BCUT2D eigenvalue weighted by Gasteiger charge is 2.34. The molecule has 11 heteroatoms. The standard InChI is InChI=1S/C18H22F2N4O4S/c1-11(29)21-9-13-10-24(18(26)28-13)12-7-14(19)16(15(20)8-12)22-3-5-23(6-4-22)17(25)27-2/h7-8,13H,3-6,9-10H2,1-2H3,(H,21,29). The Kier molecular flexibility index (Phi) is 6.36. The van der Waals surface area contributed by atoms with Gasteiger partial charge >= 0.3 is 12.2 Å². The molecule has 2 aliphatic heterocycles. The van der Waals surface area contributed by atoms with Crippen LogP contribution in [-0.2, 0) is 9.47 Å². The summed E-state index contributed by atoms with van der Waals surface area (Å²) in [6.07, 6.45) is -1.61. The molecule has 0 bridgehead atoms. The quantitative estimate of drug-likeness (QED) is 0.737. The minimum absolute atomic E-state index is 0.0866. The van der Waals surface area contributed by atoms with Crippen molar-refractivity contribution in [3.05, 3.63) is 23.8 Å². The predicted molar refractivity (Wildman–Crippen MR) is 106 cm³/mol. The summed E-state index contributed by atoms with van der Waals surface area (Å²) in [5, 5.41) is 2.91. The van der Waals surface area contributed by atoms with Crippen LogP contribution >= 0.6 is 12.2 Å². The van der Waals surface area contributed by atoms with E-state index in [0.717, 1.165) is 12.1 Å². The summed E-state index contributed by atoms with van der Waals surface area (Å²) in [6, 6.07) is 2.24. The van der Waals surface area contributed by atoms with Gasteiger partial charge in [-0.1, -0.05) is 12.2 Å². The van der Waals surface area contributed by atoms with Crippen LogP contribution in [0.4, 0.5) is 29.7 Å². The number of benzene rings is 1. The van der Waals surface area contributed by atoms with E-state index in [4.69, 9.17) is 17.0 Å². The number of nitrogens with one attached hydrogen (secondary N) is 1. The molecule has 8 nitrogen and oxygen atoms in total. The topological polar surface area (TPSA) is 74.3 Å². The van der Waals surface area contributed by atoms with Crippen LogP contribution in [0.15, 0.2) is 12.1 Å². The maximum absolute atomic E-state index is 14.8. The fraction of sp³-hybridized carbons (Fsp3) is 0.500. The first kappa shape index (κ1) is 21.0. The molecule has 2 aliphatic rings. The molecule has 0 spiro atoms. The molecule has 29 heavy (non-hydrogen) atoms. The minimum Gasteiger partial charge on any atom is -0.453 e. The Morgan fingerprint density at radius 2 is 1.90 bits per heavy atom. The minimum atomic E-state index is -0.782. The van der Waals surface area contributed by atoms with Gasteiger partial charge in [-0.3, -0.25) is 4.90 Å². The molecule has 1 unspecified atom stereocenters. The number of piperazine rings is 1. The molecule has 0 aromatic heterocycles. The van der Waals surface area contributed by atoms with Crippen molar-refractivity contribution in [3.8, 4) is 0 Å². The van der Waals surface area contributed by atoms with Gasteiger partial charge in [-0.25, -0.2) is 18.4 Å². The van der Waals surface area contributed by atoms with Crippen LogP contribution in [0.1, 0.15) is 6.92 Å². The van der Waals surface area contributed by atoms with Crippen molar-refractivity contribution in [2.45, 2.75) is 13.0 Å². The molecule has 1 N–H and O–H groups in total. The lowest BCUT2D eigenvalue weighted by Gasteiger charge is -2.35. The van der Waals surface area contributed by atoms with E-state index < -0.39 is 29.9 Å². The Balaban J connectivity index is 1.71. The molecule has 0 radical (unpaired) electrons. The zero-order valence-corrected chi connectivity index (χ0v) is 16.9. The van der Waals surface area contributed by atoms with E-state index in [1.165, 1.54) is 21.8 Å². The number of cyclic esters (lactones) is 1. The largest absolute Gasteiger partial charge is 0.453 e. The van der Waals surface area contributed by atoms with Crippen LogP contribution in [0.2, 0.25) is 0 Å². The number of ether oxygens (including phenoxy) is 2. The molecular weight excluding hydrogens is 406 g/mol. The number of halogens is 2. The van der Waals surface area contributed by atoms with Crippen molar-refractivity contribution < 1.29 is 27.8 Å². The third-order valence-electron chi connectivity index (χ3n) is 4.79. The molecule has 1 aromatic rings. The molecule has 0 aliphatic carbocycles. The Morgan fingerprint density at radius 3 is 2.45 bits per heavy atom. The highest BCUT2D eigenvalue weighted by molar-refractivity contribution is 7.80. The summed E-state index contributed by atoms with van der Waals surface area (Å²) in [4.78, 5) is 28.4. The summed E-state index contributed by atoms with van der Waals surface area (Å²) in [6.45, 7) is 3.30. The fourth-order valence-corrected chi connectivity index (χ4v) is 3.43. The maximum Gasteiger partial charge on any atom is 0.414 e. The van der Waals surface area contributed by atoms with Gasteiger partial charge in [0.25, 0.3) is 0 Å². The van der Waals surface area contributed by atoms with Crippen LogP contribution in [0.5, 0.6) is 0 Å². The molecule has 1 aromatic carbocycles. The number of anilines is 2. The van der Waals surface area contributed by atoms with Crippen molar-refractivity contribution in [2.24, 2.45) is 0 Å². The van der Waals surface area contributed by atoms with E-state index in [2.05, 4.69) is 10.1 Å². The van der Waals surface area contributed by atoms with E-state index in [-0.39, 0.29) is 31.0 Å². The lowest BCUT2D eigenvalue weighted by molar-refractivity contribution is 0.121. The first-order chi connectivity index (χ1) is 13.8. The molecule has 1 atom stereocenters. The molecule has 2 heterocycles. The van der Waals surface area contributed by atoms with Crippen molar-refractivity contribution in [1.82, 2.24) is 10.2 Å². The Bertz CT molecular complexity index is 794. The van der Waals surface area contributed by atoms with Gasteiger partial charge in [0.05, 0.1) is 30.9 Å². The number of amides is 2. The van der Waals surface area contributed by atoms with Gasteiger partial charge < -0.3 is 24.6 Å². The molecule has 3 rings (SSSR count). The number of hydrogen-bond acceptors (Lipinski definition) is 6. The number of thiocarbonyl (C=S) groups is 1. The highest BCUT2D eigenvalue weighted by Crippen LogP contribution is 2.31. The maximum atomic E-state index is 14.8. The second-order valence-electron chi connectivity index (χ2n) is 6.76. The first-order valence-electron chi connectivity index (χ1n) is 9.09. The number of methoxy groups -OCH3 is 1. The average molecular weight is 428 g/mol. The normalized spacial score (nSPS) is 19.2. The van der Waals surface area contributed by atoms with E-state index in [1.807, 2.05) is 0 Å². The monoisotopic (exact) mass is 428 g/mol. The van der Waals surface area contributed by atoms with Gasteiger partial charge in [-0.15, -0.1) is 0 Å². The van der Waals surface area contributed by atoms with Crippen LogP contribution < -0.4 is 15.1 Å².